The first-order valence-corrected chi connectivity index (χ1v) is 11.4. The molecule has 30 heavy (non-hydrogen) atoms. The van der Waals surface area contributed by atoms with Crippen LogP contribution in [0.1, 0.15) is 44.2 Å². The zero-order valence-corrected chi connectivity index (χ0v) is 18.9. The van der Waals surface area contributed by atoms with Crippen LogP contribution in [0.4, 0.5) is 0 Å². The topological polar surface area (TPSA) is 59.8 Å². The molecule has 3 aromatic rings. The van der Waals surface area contributed by atoms with Gasteiger partial charge in [-0.3, -0.25) is 4.79 Å². The third kappa shape index (κ3) is 5.11. The minimum absolute atomic E-state index is 0.0254. The van der Waals surface area contributed by atoms with Gasteiger partial charge in [-0.2, -0.15) is 0 Å². The number of amides is 1. The Morgan fingerprint density at radius 1 is 1.07 bits per heavy atom. The highest BCUT2D eigenvalue weighted by molar-refractivity contribution is 8.00. The van der Waals surface area contributed by atoms with Gasteiger partial charge < -0.3 is 9.88 Å². The predicted molar refractivity (Wildman–Crippen MR) is 124 cm³/mol. The van der Waals surface area contributed by atoms with Crippen molar-refractivity contribution in [3.63, 3.8) is 0 Å². The lowest BCUT2D eigenvalue weighted by Crippen LogP contribution is -2.34. The average molecular weight is 423 g/mol. The summed E-state index contributed by atoms with van der Waals surface area (Å²) in [5, 5.41) is 12.4. The smallest absolute Gasteiger partial charge is 0.233 e. The average Bonchev–Trinajstić information content (AvgIpc) is 3.17. The molecule has 0 aliphatic heterocycles. The number of benzene rings is 2. The van der Waals surface area contributed by atoms with Crippen LogP contribution in [0.5, 0.6) is 0 Å². The highest BCUT2D eigenvalue weighted by atomic mass is 32.2. The number of thioether (sulfide) groups is 1. The maximum atomic E-state index is 12.7. The second-order valence-electron chi connectivity index (χ2n) is 7.39. The van der Waals surface area contributed by atoms with Crippen LogP contribution >= 0.6 is 11.8 Å². The third-order valence-electron chi connectivity index (χ3n) is 5.36. The summed E-state index contributed by atoms with van der Waals surface area (Å²) in [6.45, 7) is 9.61. The highest BCUT2D eigenvalue weighted by Crippen LogP contribution is 2.28. The molecule has 0 unspecified atom stereocenters. The molecular formula is C24H30N4OS. The fourth-order valence-corrected chi connectivity index (χ4v) is 4.42. The molecule has 5 nitrogen and oxygen atoms in total. The Morgan fingerprint density at radius 2 is 1.77 bits per heavy atom. The lowest BCUT2D eigenvalue weighted by molar-refractivity contribution is -0.120. The van der Waals surface area contributed by atoms with E-state index in [9.17, 15) is 4.79 Å². The molecular weight excluding hydrogens is 392 g/mol. The summed E-state index contributed by atoms with van der Waals surface area (Å²) in [4.78, 5) is 12.7. The van der Waals surface area contributed by atoms with E-state index >= 15 is 0 Å². The second-order valence-corrected chi connectivity index (χ2v) is 8.69. The maximum absolute atomic E-state index is 12.7. The molecule has 1 N–H and O–H groups in total. The van der Waals surface area contributed by atoms with E-state index < -0.39 is 0 Å². The molecule has 0 aliphatic carbocycles. The molecule has 158 valence electrons. The molecule has 0 bridgehead atoms. The molecule has 3 rings (SSSR count). The molecule has 1 amide bonds. The van der Waals surface area contributed by atoms with Gasteiger partial charge in [0.2, 0.25) is 5.91 Å². The highest BCUT2D eigenvalue weighted by Gasteiger charge is 2.21. The van der Waals surface area contributed by atoms with Crippen LogP contribution in [0.2, 0.25) is 0 Å². The molecule has 0 aliphatic rings. The second kappa shape index (κ2) is 10.4. The van der Waals surface area contributed by atoms with Gasteiger partial charge in [0, 0.05) is 24.6 Å². The Hall–Kier alpha value is -2.60. The summed E-state index contributed by atoms with van der Waals surface area (Å²) in [5.74, 6) is 1.19. The van der Waals surface area contributed by atoms with E-state index in [4.69, 9.17) is 0 Å². The minimum Gasteiger partial charge on any atom is -0.355 e. The summed E-state index contributed by atoms with van der Waals surface area (Å²) in [6, 6.07) is 18.5. The molecule has 0 saturated carbocycles. The quantitative estimate of drug-likeness (QED) is 0.490. The number of hydrogen-bond acceptors (Lipinski definition) is 4. The first kappa shape index (κ1) is 22.1. The Balaban J connectivity index is 1.66. The molecule has 6 heteroatoms. The Kier molecular flexibility index (Phi) is 7.69. The van der Waals surface area contributed by atoms with Crippen molar-refractivity contribution in [1.82, 2.24) is 20.1 Å². The number of aryl methyl sites for hydroxylation is 1. The van der Waals surface area contributed by atoms with Crippen molar-refractivity contribution in [3.05, 3.63) is 65.7 Å². The molecule has 1 aromatic heterocycles. The molecule has 0 saturated heterocycles. The van der Waals surface area contributed by atoms with Gasteiger partial charge >= 0.3 is 0 Å². The molecule has 2 aromatic carbocycles. The van der Waals surface area contributed by atoms with Gasteiger partial charge in [0.25, 0.3) is 0 Å². The largest absolute Gasteiger partial charge is 0.355 e. The number of carbonyl (C=O) groups excluding carboxylic acids is 1. The molecule has 2 atom stereocenters. The van der Waals surface area contributed by atoms with Crippen LogP contribution in [-0.4, -0.2) is 32.5 Å². The van der Waals surface area contributed by atoms with E-state index in [1.807, 2.05) is 37.3 Å². The molecule has 0 radical (unpaired) electrons. The normalized spacial score (nSPS) is 13.1. The lowest BCUT2D eigenvalue weighted by Gasteiger charge is -2.18. The van der Waals surface area contributed by atoms with Crippen LogP contribution in [0.15, 0.2) is 59.8 Å². The first-order valence-electron chi connectivity index (χ1n) is 10.5. The van der Waals surface area contributed by atoms with Crippen LogP contribution in [0, 0.1) is 6.92 Å². The number of hydrogen-bond donors (Lipinski definition) is 1. The summed E-state index contributed by atoms with van der Waals surface area (Å²) in [7, 11) is 0. The SMILES string of the molecule is CC[C@H](CNC(=O)[C@@H](C)Sc1nnc(-c2ccccc2C)n1CC)c1ccccc1. The molecule has 0 fully saturated rings. The zero-order valence-electron chi connectivity index (χ0n) is 18.1. The van der Waals surface area contributed by atoms with Crippen molar-refractivity contribution in [3.8, 4) is 11.4 Å². The van der Waals surface area contributed by atoms with Gasteiger partial charge in [0.1, 0.15) is 0 Å². The summed E-state index contributed by atoms with van der Waals surface area (Å²) in [5.41, 5.74) is 3.49. The third-order valence-corrected chi connectivity index (χ3v) is 6.44. The number of aromatic nitrogens is 3. The monoisotopic (exact) mass is 422 g/mol. The zero-order chi connectivity index (χ0) is 21.5. The fourth-order valence-electron chi connectivity index (χ4n) is 3.49. The van der Waals surface area contributed by atoms with E-state index in [-0.39, 0.29) is 11.2 Å². The standard InChI is InChI=1S/C24H30N4OS/c1-5-19(20-13-8-7-9-14-20)16-25-23(29)18(4)30-24-27-26-22(28(24)6-2)21-15-11-10-12-17(21)3/h7-15,18-19H,5-6,16H2,1-4H3,(H,25,29)/t18-,19-/m1/s1. The van der Waals surface area contributed by atoms with Crippen molar-refractivity contribution < 1.29 is 4.79 Å². The minimum atomic E-state index is -0.252. The van der Waals surface area contributed by atoms with Gasteiger partial charge in [0.15, 0.2) is 11.0 Å². The van der Waals surface area contributed by atoms with Gasteiger partial charge in [0.05, 0.1) is 5.25 Å². The molecule has 0 spiro atoms. The van der Waals surface area contributed by atoms with Crippen molar-refractivity contribution in [2.75, 3.05) is 6.54 Å². The van der Waals surface area contributed by atoms with E-state index in [1.54, 1.807) is 0 Å². The van der Waals surface area contributed by atoms with E-state index in [0.29, 0.717) is 12.5 Å². The van der Waals surface area contributed by atoms with Crippen molar-refractivity contribution in [1.29, 1.82) is 0 Å². The van der Waals surface area contributed by atoms with Crippen LogP contribution in [-0.2, 0) is 11.3 Å². The van der Waals surface area contributed by atoms with Crippen molar-refractivity contribution in [2.24, 2.45) is 0 Å². The number of carbonyl (C=O) groups is 1. The predicted octanol–water partition coefficient (Wildman–Crippen LogP) is 5.06. The Morgan fingerprint density at radius 3 is 2.43 bits per heavy atom. The number of nitrogens with one attached hydrogen (secondary N) is 1. The first-order chi connectivity index (χ1) is 14.5. The Bertz CT molecular complexity index is 970. The number of nitrogens with zero attached hydrogens (tertiary/aromatic N) is 3. The fraction of sp³-hybridized carbons (Fsp3) is 0.375. The Labute approximate surface area is 183 Å². The molecule has 1 heterocycles. The summed E-state index contributed by atoms with van der Waals surface area (Å²) < 4.78 is 2.08. The van der Waals surface area contributed by atoms with E-state index in [1.165, 1.54) is 17.3 Å². The number of rotatable bonds is 9. The van der Waals surface area contributed by atoms with E-state index in [0.717, 1.165) is 35.1 Å². The van der Waals surface area contributed by atoms with Crippen molar-refractivity contribution >= 4 is 17.7 Å². The van der Waals surface area contributed by atoms with Crippen molar-refractivity contribution in [2.45, 2.75) is 57.0 Å². The summed E-state index contributed by atoms with van der Waals surface area (Å²) >= 11 is 1.46. The summed E-state index contributed by atoms with van der Waals surface area (Å²) in [6.07, 6.45) is 0.982. The van der Waals surface area contributed by atoms with Gasteiger partial charge in [-0.15, -0.1) is 10.2 Å². The van der Waals surface area contributed by atoms with Gasteiger partial charge in [-0.1, -0.05) is 73.3 Å². The van der Waals surface area contributed by atoms with Gasteiger partial charge in [-0.25, -0.2) is 0 Å². The maximum Gasteiger partial charge on any atom is 0.233 e. The van der Waals surface area contributed by atoms with E-state index in [2.05, 4.69) is 65.1 Å². The van der Waals surface area contributed by atoms with Crippen LogP contribution < -0.4 is 5.32 Å². The lowest BCUT2D eigenvalue weighted by atomic mass is 9.96. The van der Waals surface area contributed by atoms with Crippen LogP contribution in [0.25, 0.3) is 11.4 Å². The van der Waals surface area contributed by atoms with Crippen LogP contribution in [0.3, 0.4) is 0 Å². The van der Waals surface area contributed by atoms with Gasteiger partial charge in [-0.05, 0) is 38.3 Å².